The van der Waals surface area contributed by atoms with E-state index in [0.29, 0.717) is 0 Å². The molecule has 0 bridgehead atoms. The number of rotatable bonds is 30. The first-order valence-electron chi connectivity index (χ1n) is 16.9. The molecule has 0 rings (SSSR count). The Morgan fingerprint density at radius 1 is 0.278 bits per heavy atom. The molecule has 0 nitrogen and oxygen atoms in total. The van der Waals surface area contributed by atoms with Crippen LogP contribution in [0.1, 0.15) is 194 Å². The summed E-state index contributed by atoms with van der Waals surface area (Å²) in [6.45, 7) is 9.89. The Bertz CT molecular complexity index is 347. The highest BCUT2D eigenvalue weighted by molar-refractivity contribution is 7.74. The van der Waals surface area contributed by atoms with E-state index in [1.807, 2.05) is 0 Å². The maximum atomic E-state index is 2.64. The minimum Gasteiger partial charge on any atom is -1.00 e. The molecule has 0 aliphatic heterocycles. The van der Waals surface area contributed by atoms with Crippen molar-refractivity contribution >= 4 is 7.26 Å². The van der Waals surface area contributed by atoms with E-state index in [1.54, 1.807) is 12.3 Å². The minimum atomic E-state index is -0.612. The molecule has 0 radical (unpaired) electrons. The minimum absolute atomic E-state index is 0. The van der Waals surface area contributed by atoms with Crippen LogP contribution in [0.3, 0.4) is 0 Å². The Morgan fingerprint density at radius 3 is 0.639 bits per heavy atom. The van der Waals surface area contributed by atoms with E-state index in [1.165, 1.54) is 180 Å². The van der Waals surface area contributed by atoms with Crippen molar-refractivity contribution in [3.63, 3.8) is 0 Å². The lowest BCUT2D eigenvalue weighted by molar-refractivity contribution is -0.00000804. The first-order valence-corrected chi connectivity index (χ1v) is 20.0. The predicted molar refractivity (Wildman–Crippen MR) is 169 cm³/mol. The molecule has 0 aromatic rings. The second-order valence-corrected chi connectivity index (χ2v) is 17.3. The summed E-state index contributed by atoms with van der Waals surface area (Å²) in [6, 6.07) is 0. The second-order valence-electron chi connectivity index (χ2n) is 12.6. The third kappa shape index (κ3) is 32.9. The zero-order chi connectivity index (χ0) is 25.7. The van der Waals surface area contributed by atoms with Gasteiger partial charge in [0.25, 0.3) is 0 Å². The average molecular weight is 592 g/mol. The van der Waals surface area contributed by atoms with Crippen molar-refractivity contribution in [1.82, 2.24) is 0 Å². The van der Waals surface area contributed by atoms with Crippen molar-refractivity contribution in [3.8, 4) is 0 Å². The Labute approximate surface area is 242 Å². The highest BCUT2D eigenvalue weighted by Gasteiger charge is 2.23. The number of halogens is 1. The van der Waals surface area contributed by atoms with E-state index in [2.05, 4.69) is 27.2 Å². The van der Waals surface area contributed by atoms with Crippen LogP contribution >= 0.6 is 7.26 Å². The van der Waals surface area contributed by atoms with Gasteiger partial charge in [-0.2, -0.15) is 0 Å². The van der Waals surface area contributed by atoms with E-state index >= 15 is 0 Å². The van der Waals surface area contributed by atoms with Crippen LogP contribution in [0.15, 0.2) is 0 Å². The molecule has 0 saturated carbocycles. The summed E-state index contributed by atoms with van der Waals surface area (Å²) < 4.78 is 0. The summed E-state index contributed by atoms with van der Waals surface area (Å²) in [7, 11) is -0.612. The van der Waals surface area contributed by atoms with Crippen LogP contribution in [0.25, 0.3) is 0 Å². The zero-order valence-corrected chi connectivity index (χ0v) is 28.5. The largest absolute Gasteiger partial charge is 1.00 e. The van der Waals surface area contributed by atoms with Crippen LogP contribution in [-0.2, 0) is 0 Å². The normalized spacial score (nSPS) is 11.7. The third-order valence-electron chi connectivity index (χ3n) is 8.23. The summed E-state index contributed by atoms with van der Waals surface area (Å²) >= 11 is 0. The molecule has 0 saturated heterocycles. The highest BCUT2D eigenvalue weighted by Crippen LogP contribution is 2.52. The van der Waals surface area contributed by atoms with Gasteiger partial charge in [0.05, 0.1) is 12.3 Å². The Kier molecular flexibility index (Phi) is 34.8. The molecule has 0 aromatic carbocycles. The lowest BCUT2D eigenvalue weighted by Gasteiger charge is -2.18. The van der Waals surface area contributed by atoms with Crippen molar-refractivity contribution < 1.29 is 17.0 Å². The molecule has 36 heavy (non-hydrogen) atoms. The summed E-state index contributed by atoms with van der Waals surface area (Å²) in [5, 5.41) is 0. The maximum Gasteiger partial charge on any atom is 0.0589 e. The third-order valence-corrected chi connectivity index (χ3v) is 11.3. The molecular weight excluding hydrogens is 519 g/mol. The van der Waals surface area contributed by atoms with Crippen molar-refractivity contribution in [2.75, 3.05) is 25.7 Å². The van der Waals surface area contributed by atoms with E-state index in [4.69, 9.17) is 0 Å². The fourth-order valence-corrected chi connectivity index (χ4v) is 7.96. The monoisotopic (exact) mass is 590 g/mol. The first kappa shape index (κ1) is 39.1. The van der Waals surface area contributed by atoms with Gasteiger partial charge in [0, 0.05) is 20.6 Å². The summed E-state index contributed by atoms with van der Waals surface area (Å²) in [6.07, 6.45) is 44.5. The van der Waals surface area contributed by atoms with Crippen LogP contribution in [0, 0.1) is 0 Å². The van der Waals surface area contributed by atoms with Crippen LogP contribution < -0.4 is 17.0 Å². The summed E-state index contributed by atoms with van der Waals surface area (Å²) in [5.41, 5.74) is 0. The lowest BCUT2D eigenvalue weighted by atomic mass is 10.0. The van der Waals surface area contributed by atoms with Crippen molar-refractivity contribution in [2.45, 2.75) is 194 Å². The predicted octanol–water partition coefficient (Wildman–Crippen LogP) is 10.2. The van der Waals surface area contributed by atoms with Gasteiger partial charge in [-0.1, -0.05) is 168 Å². The van der Waals surface area contributed by atoms with E-state index in [9.17, 15) is 0 Å². The molecule has 2 heteroatoms. The van der Waals surface area contributed by atoms with Crippen molar-refractivity contribution in [3.05, 3.63) is 0 Å². The van der Waals surface area contributed by atoms with E-state index in [-0.39, 0.29) is 17.0 Å². The Morgan fingerprint density at radius 2 is 0.444 bits per heavy atom. The Hall–Kier alpha value is 0.910. The summed E-state index contributed by atoms with van der Waals surface area (Å²) in [5.74, 6) is 0. The van der Waals surface area contributed by atoms with Crippen LogP contribution in [0.4, 0.5) is 0 Å². The SMILES string of the molecule is CCCCCCCCCCCCCCCC[P+](C)(C)CCCCCCCCCCCCCCCC.[Br-]. The van der Waals surface area contributed by atoms with Gasteiger partial charge < -0.3 is 17.0 Å². The van der Waals surface area contributed by atoms with E-state index in [0.717, 1.165) is 0 Å². The second kappa shape index (κ2) is 32.1. The standard InChI is InChI=1S/C34H72P.BrH/c1-5-7-9-11-13-15-17-19-21-23-25-27-29-31-33-35(3,4)34-32-30-28-26-24-22-20-18-16-14-12-10-8-6-2;/h5-34H2,1-4H3;1H/q+1;/p-1. The van der Waals surface area contributed by atoms with E-state index < -0.39 is 7.26 Å². The Balaban J connectivity index is 0. The highest BCUT2D eigenvalue weighted by atomic mass is 79.9. The molecule has 0 unspecified atom stereocenters. The molecule has 0 spiro atoms. The van der Waals surface area contributed by atoms with Gasteiger partial charge in [-0.05, 0) is 25.7 Å². The first-order chi connectivity index (χ1) is 17.1. The summed E-state index contributed by atoms with van der Waals surface area (Å²) in [4.78, 5) is 0. The maximum absolute atomic E-state index is 2.64. The number of hydrogen-bond donors (Lipinski definition) is 0. The molecule has 0 amide bonds. The zero-order valence-electron chi connectivity index (χ0n) is 26.0. The average Bonchev–Trinajstić information content (AvgIpc) is 2.84. The topological polar surface area (TPSA) is 0 Å². The van der Waals surface area contributed by atoms with Gasteiger partial charge in [-0.15, -0.1) is 0 Å². The quantitative estimate of drug-likeness (QED) is 0.0576. The van der Waals surface area contributed by atoms with Gasteiger partial charge in [0.1, 0.15) is 0 Å². The number of unbranched alkanes of at least 4 members (excludes halogenated alkanes) is 26. The lowest BCUT2D eigenvalue weighted by Crippen LogP contribution is -3.00. The van der Waals surface area contributed by atoms with Crippen molar-refractivity contribution in [2.24, 2.45) is 0 Å². The smallest absolute Gasteiger partial charge is 0.0589 e. The molecular formula is C34H72BrP. The molecule has 0 N–H and O–H groups in total. The molecule has 0 heterocycles. The van der Waals surface area contributed by atoms with Crippen LogP contribution in [0.5, 0.6) is 0 Å². The van der Waals surface area contributed by atoms with Crippen LogP contribution in [0.2, 0.25) is 0 Å². The van der Waals surface area contributed by atoms with Crippen molar-refractivity contribution in [1.29, 1.82) is 0 Å². The molecule has 0 aliphatic carbocycles. The molecule has 220 valence electrons. The van der Waals surface area contributed by atoms with Gasteiger partial charge in [-0.25, -0.2) is 0 Å². The molecule has 0 atom stereocenters. The van der Waals surface area contributed by atoms with Crippen LogP contribution in [-0.4, -0.2) is 25.7 Å². The molecule has 0 fully saturated rings. The van der Waals surface area contributed by atoms with Gasteiger partial charge >= 0.3 is 0 Å². The van der Waals surface area contributed by atoms with Gasteiger partial charge in [-0.3, -0.25) is 0 Å². The fourth-order valence-electron chi connectivity index (χ4n) is 5.58. The fraction of sp³-hybridized carbons (Fsp3) is 1.00. The molecule has 0 aromatic heterocycles. The number of hydrogen-bond acceptors (Lipinski definition) is 0. The molecule has 0 aliphatic rings. The van der Waals surface area contributed by atoms with Gasteiger partial charge in [0.15, 0.2) is 0 Å². The van der Waals surface area contributed by atoms with Gasteiger partial charge in [0.2, 0.25) is 0 Å².